The Morgan fingerprint density at radius 1 is 1.40 bits per heavy atom. The minimum Gasteiger partial charge on any atom is -0.434 e. The van der Waals surface area contributed by atoms with Crippen LogP contribution < -0.4 is 15.4 Å². The van der Waals surface area contributed by atoms with Crippen LogP contribution in [0.4, 0.5) is 19.3 Å². The van der Waals surface area contributed by atoms with Gasteiger partial charge in [-0.2, -0.15) is 8.78 Å². The number of carbonyl (C=O) groups is 1. The quantitative estimate of drug-likeness (QED) is 0.758. The lowest BCUT2D eigenvalue weighted by Crippen LogP contribution is -2.30. The Morgan fingerprint density at radius 2 is 2.15 bits per heavy atom. The number of carbonyl (C=O) groups excluding carboxylic acids is 1. The number of ether oxygens (including phenoxy) is 2. The molecule has 0 aliphatic heterocycles. The Bertz CT molecular complexity index is 442. The molecule has 1 aromatic rings. The first kappa shape index (κ1) is 16.2. The molecule has 0 fully saturated rings. The number of hydrogen-bond donors (Lipinski definition) is 2. The minimum atomic E-state index is -2.90. The van der Waals surface area contributed by atoms with Crippen LogP contribution >= 0.6 is 0 Å². The number of anilines is 1. The summed E-state index contributed by atoms with van der Waals surface area (Å²) in [5, 5.41) is 5.22. The smallest absolute Gasteiger partial charge is 0.387 e. The monoisotopic (exact) mass is 288 g/mol. The van der Waals surface area contributed by atoms with E-state index >= 15 is 0 Å². The van der Waals surface area contributed by atoms with Gasteiger partial charge in [0.25, 0.3) is 0 Å². The molecule has 2 amide bonds. The van der Waals surface area contributed by atoms with E-state index in [0.29, 0.717) is 30.8 Å². The highest BCUT2D eigenvalue weighted by molar-refractivity contribution is 5.90. The SMILES string of the molecule is COCCCNC(=O)Nc1cccc(OC(F)F)c1C. The zero-order valence-corrected chi connectivity index (χ0v) is 11.4. The van der Waals surface area contributed by atoms with E-state index in [-0.39, 0.29) is 5.75 Å². The molecule has 0 aromatic heterocycles. The molecule has 0 radical (unpaired) electrons. The number of methoxy groups -OCH3 is 1. The molecule has 5 nitrogen and oxygen atoms in total. The van der Waals surface area contributed by atoms with Crippen LogP contribution in [-0.4, -0.2) is 32.9 Å². The number of alkyl halides is 2. The number of urea groups is 1. The molecule has 0 heterocycles. The summed E-state index contributed by atoms with van der Waals surface area (Å²) < 4.78 is 33.6. The van der Waals surface area contributed by atoms with Gasteiger partial charge in [0.1, 0.15) is 5.75 Å². The molecule has 20 heavy (non-hydrogen) atoms. The van der Waals surface area contributed by atoms with Crippen molar-refractivity contribution in [3.05, 3.63) is 23.8 Å². The van der Waals surface area contributed by atoms with Gasteiger partial charge in [0.15, 0.2) is 0 Å². The molecule has 112 valence electrons. The summed E-state index contributed by atoms with van der Waals surface area (Å²) in [6.07, 6.45) is 0.692. The molecule has 0 aliphatic carbocycles. The summed E-state index contributed by atoms with van der Waals surface area (Å²) in [5.74, 6) is 0.0391. The average molecular weight is 288 g/mol. The number of benzene rings is 1. The Hall–Kier alpha value is -1.89. The molecule has 0 atom stereocenters. The molecule has 0 spiro atoms. The third-order valence-electron chi connectivity index (χ3n) is 2.56. The van der Waals surface area contributed by atoms with E-state index in [1.165, 1.54) is 12.1 Å². The van der Waals surface area contributed by atoms with Crippen LogP contribution in [-0.2, 0) is 4.74 Å². The molecule has 0 saturated heterocycles. The molecule has 0 bridgehead atoms. The highest BCUT2D eigenvalue weighted by Crippen LogP contribution is 2.26. The normalized spacial score (nSPS) is 10.4. The molecule has 0 aliphatic rings. The Kier molecular flexibility index (Phi) is 6.72. The molecule has 7 heteroatoms. The molecule has 0 unspecified atom stereocenters. The third kappa shape index (κ3) is 5.40. The van der Waals surface area contributed by atoms with Crippen molar-refractivity contribution in [3.8, 4) is 5.75 Å². The van der Waals surface area contributed by atoms with Gasteiger partial charge in [-0.25, -0.2) is 4.79 Å². The third-order valence-corrected chi connectivity index (χ3v) is 2.56. The fourth-order valence-corrected chi connectivity index (χ4v) is 1.56. The van der Waals surface area contributed by atoms with Crippen LogP contribution in [0.15, 0.2) is 18.2 Å². The van der Waals surface area contributed by atoms with Crippen LogP contribution in [0.2, 0.25) is 0 Å². The van der Waals surface area contributed by atoms with Crippen molar-refractivity contribution >= 4 is 11.7 Å². The number of halogens is 2. The maximum absolute atomic E-state index is 12.2. The van der Waals surface area contributed by atoms with Gasteiger partial charge in [0.05, 0.1) is 0 Å². The van der Waals surface area contributed by atoms with Crippen molar-refractivity contribution in [2.24, 2.45) is 0 Å². The van der Waals surface area contributed by atoms with Crippen molar-refractivity contribution < 1.29 is 23.0 Å². The molecular formula is C13H18F2N2O3. The predicted molar refractivity (Wildman–Crippen MR) is 71.3 cm³/mol. The van der Waals surface area contributed by atoms with Crippen LogP contribution in [0.5, 0.6) is 5.75 Å². The van der Waals surface area contributed by atoms with Crippen molar-refractivity contribution in [1.29, 1.82) is 0 Å². The van der Waals surface area contributed by atoms with E-state index in [9.17, 15) is 13.6 Å². The predicted octanol–water partition coefficient (Wildman–Crippen LogP) is 2.75. The largest absolute Gasteiger partial charge is 0.434 e. The average Bonchev–Trinajstić information content (AvgIpc) is 2.39. The van der Waals surface area contributed by atoms with Crippen molar-refractivity contribution in [1.82, 2.24) is 5.32 Å². The second-order valence-electron chi connectivity index (χ2n) is 4.03. The Morgan fingerprint density at radius 3 is 2.80 bits per heavy atom. The van der Waals surface area contributed by atoms with Gasteiger partial charge in [-0.15, -0.1) is 0 Å². The first-order valence-electron chi connectivity index (χ1n) is 6.12. The minimum absolute atomic E-state index is 0.0391. The van der Waals surface area contributed by atoms with Gasteiger partial charge < -0.3 is 20.1 Å². The molecule has 1 rings (SSSR count). The van der Waals surface area contributed by atoms with E-state index in [0.717, 1.165) is 0 Å². The maximum Gasteiger partial charge on any atom is 0.387 e. The summed E-state index contributed by atoms with van der Waals surface area (Å²) in [6.45, 7) is -0.284. The highest BCUT2D eigenvalue weighted by atomic mass is 19.3. The molecular weight excluding hydrogens is 270 g/mol. The van der Waals surface area contributed by atoms with Crippen LogP contribution in [0.1, 0.15) is 12.0 Å². The molecule has 1 aromatic carbocycles. The van der Waals surface area contributed by atoms with Crippen molar-refractivity contribution in [2.75, 3.05) is 25.6 Å². The zero-order chi connectivity index (χ0) is 15.0. The van der Waals surface area contributed by atoms with Crippen molar-refractivity contribution in [2.45, 2.75) is 20.0 Å². The van der Waals surface area contributed by atoms with Gasteiger partial charge in [-0.1, -0.05) is 6.07 Å². The van der Waals surface area contributed by atoms with E-state index in [1.807, 2.05) is 0 Å². The van der Waals surface area contributed by atoms with Crippen LogP contribution in [0.25, 0.3) is 0 Å². The fraction of sp³-hybridized carbons (Fsp3) is 0.462. The Labute approximate surface area is 116 Å². The maximum atomic E-state index is 12.2. The highest BCUT2D eigenvalue weighted by Gasteiger charge is 2.11. The van der Waals surface area contributed by atoms with E-state index in [4.69, 9.17) is 4.74 Å². The summed E-state index contributed by atoms with van der Waals surface area (Å²) in [5.41, 5.74) is 0.868. The van der Waals surface area contributed by atoms with E-state index in [1.54, 1.807) is 20.1 Å². The van der Waals surface area contributed by atoms with Crippen molar-refractivity contribution in [3.63, 3.8) is 0 Å². The van der Waals surface area contributed by atoms with Gasteiger partial charge in [0, 0.05) is 31.5 Å². The number of hydrogen-bond acceptors (Lipinski definition) is 3. The number of amides is 2. The topological polar surface area (TPSA) is 59.6 Å². The van der Waals surface area contributed by atoms with Gasteiger partial charge >= 0.3 is 12.6 Å². The van der Waals surface area contributed by atoms with Crippen LogP contribution in [0, 0.1) is 6.92 Å². The summed E-state index contributed by atoms with van der Waals surface area (Å²) in [4.78, 5) is 11.6. The lowest BCUT2D eigenvalue weighted by molar-refractivity contribution is -0.0502. The molecule has 0 saturated carbocycles. The second kappa shape index (κ2) is 8.31. The molecule has 2 N–H and O–H groups in total. The summed E-state index contributed by atoms with van der Waals surface area (Å²) in [7, 11) is 1.58. The summed E-state index contributed by atoms with van der Waals surface area (Å²) >= 11 is 0. The van der Waals surface area contributed by atoms with E-state index < -0.39 is 12.6 Å². The number of nitrogens with one attached hydrogen (secondary N) is 2. The first-order chi connectivity index (χ1) is 9.54. The Balaban J connectivity index is 2.56. The fourth-order valence-electron chi connectivity index (χ4n) is 1.56. The first-order valence-corrected chi connectivity index (χ1v) is 6.12. The zero-order valence-electron chi connectivity index (χ0n) is 11.4. The summed E-state index contributed by atoms with van der Waals surface area (Å²) in [6, 6.07) is 4.16. The second-order valence-corrected chi connectivity index (χ2v) is 4.03. The van der Waals surface area contributed by atoms with Crippen LogP contribution in [0.3, 0.4) is 0 Å². The van der Waals surface area contributed by atoms with Gasteiger partial charge in [0.2, 0.25) is 0 Å². The van der Waals surface area contributed by atoms with Gasteiger partial charge in [-0.3, -0.25) is 0 Å². The van der Waals surface area contributed by atoms with Gasteiger partial charge in [-0.05, 0) is 25.5 Å². The lowest BCUT2D eigenvalue weighted by atomic mass is 10.2. The lowest BCUT2D eigenvalue weighted by Gasteiger charge is -2.13. The van der Waals surface area contributed by atoms with E-state index in [2.05, 4.69) is 15.4 Å². The number of rotatable bonds is 7. The standard InChI is InChI=1S/C13H18F2N2O3/c1-9-10(5-3-6-11(9)20-12(14)15)17-13(18)16-7-4-8-19-2/h3,5-6,12H,4,7-8H2,1-2H3,(H2,16,17,18).